The highest BCUT2D eigenvalue weighted by Gasteiger charge is 2.23. The fourth-order valence-electron chi connectivity index (χ4n) is 1.88. The minimum Gasteiger partial charge on any atom is -0.497 e. The second kappa shape index (κ2) is 4.34. The number of rotatable bonds is 3. The van der Waals surface area contributed by atoms with Gasteiger partial charge in [-0.1, -0.05) is 6.07 Å². The SMILES string of the molecule is COc1cccc(N[C@H]2CCCC2=O)c1. The molecular weight excluding hydrogens is 190 g/mol. The largest absolute Gasteiger partial charge is 0.497 e. The van der Waals surface area contributed by atoms with Crippen LogP contribution < -0.4 is 10.1 Å². The first kappa shape index (κ1) is 10.0. The Morgan fingerprint density at radius 2 is 2.33 bits per heavy atom. The van der Waals surface area contributed by atoms with Crippen LogP contribution in [-0.4, -0.2) is 18.9 Å². The van der Waals surface area contributed by atoms with E-state index in [1.54, 1.807) is 7.11 Å². The van der Waals surface area contributed by atoms with E-state index in [0.717, 1.165) is 24.3 Å². The highest BCUT2D eigenvalue weighted by molar-refractivity contribution is 5.88. The molecule has 0 heterocycles. The lowest BCUT2D eigenvalue weighted by molar-refractivity contribution is -0.118. The summed E-state index contributed by atoms with van der Waals surface area (Å²) in [6.07, 6.45) is 2.65. The second-order valence-corrected chi connectivity index (χ2v) is 3.79. The van der Waals surface area contributed by atoms with Crippen LogP contribution in [0.25, 0.3) is 0 Å². The minimum absolute atomic E-state index is 0.00268. The van der Waals surface area contributed by atoms with Crippen LogP contribution in [0.15, 0.2) is 24.3 Å². The van der Waals surface area contributed by atoms with E-state index in [2.05, 4.69) is 5.32 Å². The van der Waals surface area contributed by atoms with Crippen molar-refractivity contribution < 1.29 is 9.53 Å². The monoisotopic (exact) mass is 205 g/mol. The zero-order chi connectivity index (χ0) is 10.7. The molecule has 1 saturated carbocycles. The Balaban J connectivity index is 2.06. The Labute approximate surface area is 89.4 Å². The third-order valence-electron chi connectivity index (χ3n) is 2.72. The molecule has 0 aliphatic heterocycles. The fourth-order valence-corrected chi connectivity index (χ4v) is 1.88. The van der Waals surface area contributed by atoms with E-state index in [-0.39, 0.29) is 6.04 Å². The Hall–Kier alpha value is -1.51. The van der Waals surface area contributed by atoms with E-state index < -0.39 is 0 Å². The van der Waals surface area contributed by atoms with Gasteiger partial charge in [0.1, 0.15) is 5.75 Å². The molecule has 1 aromatic carbocycles. The van der Waals surface area contributed by atoms with E-state index in [9.17, 15) is 4.79 Å². The predicted molar refractivity (Wildman–Crippen MR) is 59.3 cm³/mol. The summed E-state index contributed by atoms with van der Waals surface area (Å²) in [5, 5.41) is 3.24. The van der Waals surface area contributed by atoms with Gasteiger partial charge in [0.05, 0.1) is 13.2 Å². The first-order chi connectivity index (χ1) is 7.29. The number of carbonyl (C=O) groups is 1. The normalized spacial score (nSPS) is 20.3. The van der Waals surface area contributed by atoms with Crippen molar-refractivity contribution in [2.75, 3.05) is 12.4 Å². The van der Waals surface area contributed by atoms with Gasteiger partial charge < -0.3 is 10.1 Å². The molecule has 0 spiro atoms. The van der Waals surface area contributed by atoms with Crippen molar-refractivity contribution in [1.29, 1.82) is 0 Å². The maximum atomic E-state index is 11.4. The van der Waals surface area contributed by atoms with Gasteiger partial charge in [-0.05, 0) is 25.0 Å². The fraction of sp³-hybridized carbons (Fsp3) is 0.417. The molecule has 1 aliphatic carbocycles. The number of methoxy groups -OCH3 is 1. The molecular formula is C12H15NO2. The summed E-state index contributed by atoms with van der Waals surface area (Å²) in [5.74, 6) is 1.13. The van der Waals surface area contributed by atoms with Crippen molar-refractivity contribution >= 4 is 11.5 Å². The lowest BCUT2D eigenvalue weighted by Gasteiger charge is -2.12. The quantitative estimate of drug-likeness (QED) is 0.822. The van der Waals surface area contributed by atoms with Crippen LogP contribution >= 0.6 is 0 Å². The zero-order valence-electron chi connectivity index (χ0n) is 8.82. The topological polar surface area (TPSA) is 38.3 Å². The summed E-state index contributed by atoms with van der Waals surface area (Å²) in [5.41, 5.74) is 0.953. The van der Waals surface area contributed by atoms with Gasteiger partial charge in [-0.3, -0.25) is 4.79 Å². The number of ether oxygens (including phenoxy) is 1. The lowest BCUT2D eigenvalue weighted by Crippen LogP contribution is -2.23. The first-order valence-corrected chi connectivity index (χ1v) is 5.23. The third kappa shape index (κ3) is 2.29. The number of benzene rings is 1. The van der Waals surface area contributed by atoms with E-state index in [1.807, 2.05) is 24.3 Å². The molecule has 0 bridgehead atoms. The molecule has 80 valence electrons. The molecule has 2 rings (SSSR count). The summed E-state index contributed by atoms with van der Waals surface area (Å²) in [6, 6.07) is 7.67. The summed E-state index contributed by atoms with van der Waals surface area (Å²) in [4.78, 5) is 11.4. The zero-order valence-corrected chi connectivity index (χ0v) is 8.82. The number of hydrogen-bond acceptors (Lipinski definition) is 3. The van der Waals surface area contributed by atoms with Gasteiger partial charge in [-0.15, -0.1) is 0 Å². The van der Waals surface area contributed by atoms with Crippen molar-refractivity contribution in [3.63, 3.8) is 0 Å². The molecule has 0 aromatic heterocycles. The van der Waals surface area contributed by atoms with Crippen LogP contribution in [0.5, 0.6) is 5.75 Å². The summed E-state index contributed by atoms with van der Waals surface area (Å²) < 4.78 is 5.12. The molecule has 0 amide bonds. The van der Waals surface area contributed by atoms with Gasteiger partial charge in [0, 0.05) is 18.2 Å². The number of hydrogen-bond donors (Lipinski definition) is 1. The molecule has 0 unspecified atom stereocenters. The average molecular weight is 205 g/mol. The van der Waals surface area contributed by atoms with Crippen LogP contribution in [-0.2, 0) is 4.79 Å². The van der Waals surface area contributed by atoms with Crippen LogP contribution in [0.3, 0.4) is 0 Å². The summed E-state index contributed by atoms with van der Waals surface area (Å²) >= 11 is 0. The van der Waals surface area contributed by atoms with Crippen LogP contribution in [0.1, 0.15) is 19.3 Å². The Bertz CT molecular complexity index is 362. The summed E-state index contributed by atoms with van der Waals surface area (Å²) in [7, 11) is 1.64. The van der Waals surface area contributed by atoms with E-state index in [0.29, 0.717) is 12.2 Å². The number of Topliss-reactive ketones (excluding diaryl/α,β-unsaturated/α-hetero) is 1. The first-order valence-electron chi connectivity index (χ1n) is 5.23. The second-order valence-electron chi connectivity index (χ2n) is 3.79. The van der Waals surface area contributed by atoms with Crippen LogP contribution in [0, 0.1) is 0 Å². The number of anilines is 1. The Morgan fingerprint density at radius 3 is 3.00 bits per heavy atom. The van der Waals surface area contributed by atoms with Crippen LogP contribution in [0.4, 0.5) is 5.69 Å². The van der Waals surface area contributed by atoms with Gasteiger partial charge >= 0.3 is 0 Å². The smallest absolute Gasteiger partial charge is 0.155 e. The lowest BCUT2D eigenvalue weighted by atomic mass is 10.2. The van der Waals surface area contributed by atoms with Crippen molar-refractivity contribution in [3.8, 4) is 5.75 Å². The number of nitrogens with one attached hydrogen (secondary N) is 1. The molecule has 1 N–H and O–H groups in total. The molecule has 1 aliphatic rings. The highest BCUT2D eigenvalue weighted by atomic mass is 16.5. The number of ketones is 1. The van der Waals surface area contributed by atoms with Crippen molar-refractivity contribution in [2.24, 2.45) is 0 Å². The van der Waals surface area contributed by atoms with Gasteiger partial charge in [-0.2, -0.15) is 0 Å². The maximum Gasteiger partial charge on any atom is 0.155 e. The van der Waals surface area contributed by atoms with Crippen LogP contribution in [0.2, 0.25) is 0 Å². The molecule has 3 nitrogen and oxygen atoms in total. The standard InChI is InChI=1S/C12H15NO2/c1-15-10-5-2-4-9(8-10)13-11-6-3-7-12(11)14/h2,4-5,8,11,13H,3,6-7H2,1H3/t11-/m0/s1. The van der Waals surface area contributed by atoms with Gasteiger partial charge in [-0.25, -0.2) is 0 Å². The van der Waals surface area contributed by atoms with E-state index in [1.165, 1.54) is 0 Å². The maximum absolute atomic E-state index is 11.4. The molecule has 0 saturated heterocycles. The number of carbonyl (C=O) groups excluding carboxylic acids is 1. The Morgan fingerprint density at radius 1 is 1.47 bits per heavy atom. The third-order valence-corrected chi connectivity index (χ3v) is 2.72. The molecule has 3 heteroatoms. The molecule has 0 radical (unpaired) electrons. The van der Waals surface area contributed by atoms with Crippen molar-refractivity contribution in [3.05, 3.63) is 24.3 Å². The van der Waals surface area contributed by atoms with Crippen molar-refractivity contribution in [1.82, 2.24) is 0 Å². The molecule has 1 fully saturated rings. The van der Waals surface area contributed by atoms with Crippen molar-refractivity contribution in [2.45, 2.75) is 25.3 Å². The van der Waals surface area contributed by atoms with Gasteiger partial charge in [0.2, 0.25) is 0 Å². The predicted octanol–water partition coefficient (Wildman–Crippen LogP) is 2.23. The summed E-state index contributed by atoms with van der Waals surface area (Å²) in [6.45, 7) is 0. The molecule has 1 aromatic rings. The molecule has 15 heavy (non-hydrogen) atoms. The van der Waals surface area contributed by atoms with Gasteiger partial charge in [0.15, 0.2) is 5.78 Å². The molecule has 1 atom stereocenters. The average Bonchev–Trinajstić information content (AvgIpc) is 2.65. The van der Waals surface area contributed by atoms with Gasteiger partial charge in [0.25, 0.3) is 0 Å². The minimum atomic E-state index is -0.00268. The Kier molecular flexibility index (Phi) is 2.90. The highest BCUT2D eigenvalue weighted by Crippen LogP contribution is 2.22. The van der Waals surface area contributed by atoms with E-state index >= 15 is 0 Å². The van der Waals surface area contributed by atoms with E-state index in [4.69, 9.17) is 4.74 Å².